The molecule has 1 aliphatic carbocycles. The highest BCUT2D eigenvalue weighted by atomic mass is 19.1. The number of anilines is 1. The number of nitrogens with one attached hydrogen (secondary N) is 1. The van der Waals surface area contributed by atoms with Gasteiger partial charge in [0, 0.05) is 23.7 Å². The summed E-state index contributed by atoms with van der Waals surface area (Å²) in [5.41, 5.74) is 3.32. The van der Waals surface area contributed by atoms with Gasteiger partial charge in [0.2, 0.25) is 0 Å². The number of rotatable bonds is 5. The first-order chi connectivity index (χ1) is 14.4. The van der Waals surface area contributed by atoms with Crippen molar-refractivity contribution in [3.63, 3.8) is 0 Å². The summed E-state index contributed by atoms with van der Waals surface area (Å²) < 4.78 is 14.4. The Morgan fingerprint density at radius 2 is 2.20 bits per heavy atom. The second-order valence-corrected chi connectivity index (χ2v) is 7.49. The number of nitrogens with zero attached hydrogens (tertiary/aromatic N) is 3. The van der Waals surface area contributed by atoms with Crippen LogP contribution >= 0.6 is 0 Å². The van der Waals surface area contributed by atoms with Crippen molar-refractivity contribution in [1.29, 1.82) is 0 Å². The first-order valence-electron chi connectivity index (χ1n) is 9.96. The van der Waals surface area contributed by atoms with Crippen LogP contribution in [0.2, 0.25) is 0 Å². The molecule has 1 atom stereocenters. The third kappa shape index (κ3) is 3.83. The van der Waals surface area contributed by atoms with E-state index in [2.05, 4.69) is 23.0 Å². The molecule has 0 saturated heterocycles. The van der Waals surface area contributed by atoms with E-state index in [4.69, 9.17) is 4.99 Å². The van der Waals surface area contributed by atoms with Gasteiger partial charge in [0.25, 0.3) is 0 Å². The van der Waals surface area contributed by atoms with Crippen LogP contribution < -0.4 is 5.32 Å². The van der Waals surface area contributed by atoms with Crippen molar-refractivity contribution < 1.29 is 14.3 Å². The zero-order chi connectivity index (χ0) is 21.3. The standard InChI is InChI=1S/C23H23FN4O2/c1-14-11-20(16-7-4-3-5-8-16)27-22-19(12-17(24)13-28(14)22)15(2)26-21-18(23(29)30)9-6-10-25-21/h6-7,9-13,15H,1,3-5,8H2,2H3,(H,25,26)(H,29,30). The molecule has 2 aliphatic heterocycles. The van der Waals surface area contributed by atoms with Crippen LogP contribution in [-0.2, 0) is 0 Å². The maximum atomic E-state index is 14.4. The molecule has 0 aromatic carbocycles. The average Bonchev–Trinajstić information content (AvgIpc) is 2.74. The van der Waals surface area contributed by atoms with E-state index in [0.29, 0.717) is 17.1 Å². The first kappa shape index (κ1) is 19.8. The van der Waals surface area contributed by atoms with E-state index in [1.807, 2.05) is 13.0 Å². The minimum atomic E-state index is -1.08. The van der Waals surface area contributed by atoms with Crippen molar-refractivity contribution in [3.8, 4) is 0 Å². The number of allylic oxidation sites excluding steroid dienone is 5. The molecule has 154 valence electrons. The fraction of sp³-hybridized carbons (Fsp3) is 0.261. The van der Waals surface area contributed by atoms with Gasteiger partial charge in [0.1, 0.15) is 23.0 Å². The van der Waals surface area contributed by atoms with E-state index in [1.165, 1.54) is 36.5 Å². The van der Waals surface area contributed by atoms with Crippen LogP contribution in [0.1, 0.15) is 43.0 Å². The number of aliphatic imine (C=N–C) groups is 1. The molecule has 0 bridgehead atoms. The number of aromatic nitrogens is 1. The van der Waals surface area contributed by atoms with Crippen molar-refractivity contribution in [2.75, 3.05) is 5.32 Å². The number of fused-ring (bicyclic) bond motifs is 1. The Kier molecular flexibility index (Phi) is 5.35. The molecule has 7 heteroatoms. The number of aromatic carboxylic acids is 1. The van der Waals surface area contributed by atoms with Crippen LogP contribution in [0.25, 0.3) is 0 Å². The van der Waals surface area contributed by atoms with Gasteiger partial charge in [-0.3, -0.25) is 4.90 Å². The van der Waals surface area contributed by atoms with Gasteiger partial charge < -0.3 is 10.4 Å². The molecule has 1 unspecified atom stereocenters. The van der Waals surface area contributed by atoms with Gasteiger partial charge in [0.05, 0.1) is 11.7 Å². The van der Waals surface area contributed by atoms with Crippen molar-refractivity contribution >= 4 is 17.6 Å². The summed E-state index contributed by atoms with van der Waals surface area (Å²) in [7, 11) is 0. The predicted molar refractivity (Wildman–Crippen MR) is 115 cm³/mol. The molecular weight excluding hydrogens is 383 g/mol. The molecule has 0 fully saturated rings. The molecule has 0 saturated carbocycles. The third-order valence-electron chi connectivity index (χ3n) is 5.35. The van der Waals surface area contributed by atoms with Gasteiger partial charge in [-0.15, -0.1) is 0 Å². The van der Waals surface area contributed by atoms with E-state index in [-0.39, 0.29) is 11.4 Å². The maximum Gasteiger partial charge on any atom is 0.339 e. The molecule has 6 nitrogen and oxygen atoms in total. The second-order valence-electron chi connectivity index (χ2n) is 7.49. The minimum absolute atomic E-state index is 0.0524. The third-order valence-corrected chi connectivity index (χ3v) is 5.35. The molecule has 0 radical (unpaired) electrons. The number of hydrogen-bond donors (Lipinski definition) is 2. The lowest BCUT2D eigenvalue weighted by molar-refractivity contribution is 0.0697. The van der Waals surface area contributed by atoms with Crippen molar-refractivity contribution in [3.05, 3.63) is 83.3 Å². The normalized spacial score (nSPS) is 19.6. The van der Waals surface area contributed by atoms with E-state index in [1.54, 1.807) is 11.0 Å². The molecule has 1 aromatic rings. The number of carboxylic acids is 1. The minimum Gasteiger partial charge on any atom is -0.478 e. The summed E-state index contributed by atoms with van der Waals surface area (Å²) in [5, 5.41) is 12.5. The maximum absolute atomic E-state index is 14.4. The van der Waals surface area contributed by atoms with Crippen LogP contribution in [-0.4, -0.2) is 32.8 Å². The van der Waals surface area contributed by atoms with Crippen molar-refractivity contribution in [2.45, 2.75) is 38.6 Å². The number of carboxylic acid groups (broad SMARTS) is 1. The van der Waals surface area contributed by atoms with Gasteiger partial charge in [-0.2, -0.15) is 0 Å². The zero-order valence-electron chi connectivity index (χ0n) is 16.7. The number of hydrogen-bond acceptors (Lipinski definition) is 5. The van der Waals surface area contributed by atoms with Crippen LogP contribution in [0.4, 0.5) is 10.2 Å². The van der Waals surface area contributed by atoms with E-state index in [9.17, 15) is 14.3 Å². The Bertz CT molecular complexity index is 1060. The first-order valence-corrected chi connectivity index (χ1v) is 9.96. The molecule has 30 heavy (non-hydrogen) atoms. The highest BCUT2D eigenvalue weighted by molar-refractivity contribution is 6.05. The average molecular weight is 406 g/mol. The lowest BCUT2D eigenvalue weighted by Gasteiger charge is -2.34. The second kappa shape index (κ2) is 8.10. The molecule has 4 rings (SSSR count). The van der Waals surface area contributed by atoms with Gasteiger partial charge in [-0.25, -0.2) is 19.2 Å². The molecular formula is C23H23FN4O2. The molecule has 0 spiro atoms. The molecule has 2 N–H and O–H groups in total. The van der Waals surface area contributed by atoms with Crippen LogP contribution in [0.3, 0.4) is 0 Å². The van der Waals surface area contributed by atoms with E-state index in [0.717, 1.165) is 25.0 Å². The van der Waals surface area contributed by atoms with Crippen LogP contribution in [0.15, 0.2) is 82.7 Å². The fourth-order valence-electron chi connectivity index (χ4n) is 3.81. The molecule has 3 aliphatic rings. The summed E-state index contributed by atoms with van der Waals surface area (Å²) in [6, 6.07) is 2.60. The largest absolute Gasteiger partial charge is 0.478 e. The number of amidine groups is 1. The van der Waals surface area contributed by atoms with Crippen LogP contribution in [0, 0.1) is 0 Å². The van der Waals surface area contributed by atoms with E-state index >= 15 is 0 Å². The number of carbonyl (C=O) groups is 1. The Hall–Kier alpha value is -3.48. The van der Waals surface area contributed by atoms with Crippen molar-refractivity contribution in [2.24, 2.45) is 4.99 Å². The zero-order valence-corrected chi connectivity index (χ0v) is 16.7. The number of halogens is 1. The van der Waals surface area contributed by atoms with Gasteiger partial charge in [-0.1, -0.05) is 12.7 Å². The van der Waals surface area contributed by atoms with Gasteiger partial charge in [0.15, 0.2) is 0 Å². The SMILES string of the molecule is C=C1C=C(C2=CCCCC2)N=C2C(C(C)Nc3ncccc3C(=O)O)=CC(F)=CN12. The van der Waals surface area contributed by atoms with Gasteiger partial charge in [-0.05, 0) is 62.5 Å². The highest BCUT2D eigenvalue weighted by Crippen LogP contribution is 2.34. The number of pyridine rings is 1. The topological polar surface area (TPSA) is 77.8 Å². The lowest BCUT2D eigenvalue weighted by Crippen LogP contribution is -2.37. The van der Waals surface area contributed by atoms with Gasteiger partial charge >= 0.3 is 5.97 Å². The predicted octanol–water partition coefficient (Wildman–Crippen LogP) is 4.94. The quantitative estimate of drug-likeness (QED) is 0.724. The summed E-state index contributed by atoms with van der Waals surface area (Å²) in [6.45, 7) is 5.91. The summed E-state index contributed by atoms with van der Waals surface area (Å²) in [6.07, 6.45) is 12.7. The fourth-order valence-corrected chi connectivity index (χ4v) is 3.81. The monoisotopic (exact) mass is 406 g/mol. The highest BCUT2D eigenvalue weighted by Gasteiger charge is 2.30. The van der Waals surface area contributed by atoms with E-state index < -0.39 is 17.8 Å². The smallest absolute Gasteiger partial charge is 0.339 e. The Balaban J connectivity index is 1.68. The molecule has 3 heterocycles. The Morgan fingerprint density at radius 1 is 1.37 bits per heavy atom. The van der Waals surface area contributed by atoms with Crippen molar-refractivity contribution in [1.82, 2.24) is 9.88 Å². The summed E-state index contributed by atoms with van der Waals surface area (Å²) in [5.74, 6) is -0.702. The Morgan fingerprint density at radius 3 is 2.93 bits per heavy atom. The summed E-state index contributed by atoms with van der Waals surface area (Å²) in [4.78, 5) is 22.1. The summed E-state index contributed by atoms with van der Waals surface area (Å²) >= 11 is 0. The van der Waals surface area contributed by atoms with Crippen LogP contribution in [0.5, 0.6) is 0 Å². The molecule has 1 aromatic heterocycles. The lowest BCUT2D eigenvalue weighted by atomic mass is 9.95. The molecule has 0 amide bonds. The Labute approximate surface area is 174 Å².